The van der Waals surface area contributed by atoms with Gasteiger partial charge in [-0.1, -0.05) is 28.7 Å². The third-order valence-electron chi connectivity index (χ3n) is 1.10. The Morgan fingerprint density at radius 2 is 2.18 bits per heavy atom. The van der Waals surface area contributed by atoms with Crippen LogP contribution in [0.2, 0.25) is 0 Å². The van der Waals surface area contributed by atoms with Crippen LogP contribution in [0, 0.1) is 0 Å². The molecule has 0 aromatic carbocycles. The molecule has 0 rings (SSSR count). The van der Waals surface area contributed by atoms with Crippen LogP contribution in [0.3, 0.4) is 0 Å². The zero-order chi connectivity index (χ0) is 8.69. The highest BCUT2D eigenvalue weighted by molar-refractivity contribution is 14.1. The number of nitrogens with one attached hydrogen (secondary N) is 1. The number of halogens is 1. The van der Waals surface area contributed by atoms with Crippen molar-refractivity contribution >= 4 is 22.6 Å². The van der Waals surface area contributed by atoms with E-state index >= 15 is 0 Å². The molecule has 0 saturated carbocycles. The van der Waals surface area contributed by atoms with Gasteiger partial charge in [-0.3, -0.25) is 5.32 Å². The van der Waals surface area contributed by atoms with Crippen molar-refractivity contribution in [1.82, 2.24) is 5.32 Å². The van der Waals surface area contributed by atoms with Gasteiger partial charge in [0.2, 0.25) is 0 Å². The molecule has 0 aliphatic heterocycles. The molecule has 0 aliphatic carbocycles. The number of hydrogen-bond donors (Lipinski definition) is 2. The van der Waals surface area contributed by atoms with Crippen LogP contribution in [-0.4, -0.2) is 21.8 Å². The van der Waals surface area contributed by atoms with E-state index < -0.39 is 6.23 Å². The predicted octanol–water partition coefficient (Wildman–Crippen LogP) is 1.68. The zero-order valence-corrected chi connectivity index (χ0v) is 9.21. The second-order valence-corrected chi connectivity index (χ2v) is 3.75. The van der Waals surface area contributed by atoms with Gasteiger partial charge in [0.15, 0.2) is 0 Å². The quantitative estimate of drug-likeness (QED) is 0.344. The Balaban J connectivity index is 3.42. The molecule has 1 unspecified atom stereocenters. The average Bonchev–Trinajstić information content (AvgIpc) is 1.86. The number of hydrogen-bond acceptors (Lipinski definition) is 2. The zero-order valence-electron chi connectivity index (χ0n) is 7.05. The van der Waals surface area contributed by atoms with Crippen LogP contribution in [0.15, 0.2) is 12.2 Å². The van der Waals surface area contributed by atoms with Gasteiger partial charge in [-0.05, 0) is 26.3 Å². The second kappa shape index (κ2) is 7.06. The standard InChI is InChI=1S/C8H16INO/c1-7(2)10-8(11)5-3-4-6-9/h3,5,7-8,10-11H,4,6H2,1-2H3/b5-3+. The number of alkyl halides is 1. The molecule has 0 saturated heterocycles. The first-order valence-electron chi connectivity index (χ1n) is 3.83. The lowest BCUT2D eigenvalue weighted by Crippen LogP contribution is -2.32. The first kappa shape index (κ1) is 11.4. The highest BCUT2D eigenvalue weighted by Crippen LogP contribution is 1.92. The van der Waals surface area contributed by atoms with Gasteiger partial charge in [0.25, 0.3) is 0 Å². The Hall–Kier alpha value is 0.390. The minimum absolute atomic E-state index is 0.328. The Morgan fingerprint density at radius 1 is 1.55 bits per heavy atom. The summed E-state index contributed by atoms with van der Waals surface area (Å²) in [6.45, 7) is 4.02. The summed E-state index contributed by atoms with van der Waals surface area (Å²) in [6.07, 6.45) is 4.32. The lowest BCUT2D eigenvalue weighted by molar-refractivity contribution is 0.173. The molecule has 0 bridgehead atoms. The summed E-state index contributed by atoms with van der Waals surface area (Å²) < 4.78 is 1.10. The van der Waals surface area contributed by atoms with E-state index in [2.05, 4.69) is 27.9 Å². The number of aliphatic hydroxyl groups is 1. The SMILES string of the molecule is CC(C)NC(O)/C=C/CCI. The van der Waals surface area contributed by atoms with Gasteiger partial charge in [0, 0.05) is 10.5 Å². The van der Waals surface area contributed by atoms with Crippen molar-refractivity contribution in [2.75, 3.05) is 4.43 Å². The maximum Gasteiger partial charge on any atom is 0.124 e. The molecule has 1 atom stereocenters. The number of aliphatic hydroxyl groups excluding tert-OH is 1. The Morgan fingerprint density at radius 3 is 2.64 bits per heavy atom. The predicted molar refractivity (Wildman–Crippen MR) is 56.9 cm³/mol. The van der Waals surface area contributed by atoms with Crippen molar-refractivity contribution in [3.05, 3.63) is 12.2 Å². The fourth-order valence-electron chi connectivity index (χ4n) is 0.685. The minimum atomic E-state index is -0.488. The van der Waals surface area contributed by atoms with E-state index in [-0.39, 0.29) is 0 Å². The summed E-state index contributed by atoms with van der Waals surface area (Å²) in [5.41, 5.74) is 0. The summed E-state index contributed by atoms with van der Waals surface area (Å²) in [7, 11) is 0. The van der Waals surface area contributed by atoms with E-state index in [1.165, 1.54) is 0 Å². The van der Waals surface area contributed by atoms with E-state index in [0.29, 0.717) is 6.04 Å². The fourth-order valence-corrected chi connectivity index (χ4v) is 1.04. The maximum atomic E-state index is 9.25. The van der Waals surface area contributed by atoms with Gasteiger partial charge in [0.1, 0.15) is 6.23 Å². The Labute approximate surface area is 82.2 Å². The maximum absolute atomic E-state index is 9.25. The largest absolute Gasteiger partial charge is 0.375 e. The molecule has 0 amide bonds. The second-order valence-electron chi connectivity index (χ2n) is 2.67. The average molecular weight is 269 g/mol. The van der Waals surface area contributed by atoms with Crippen LogP contribution < -0.4 is 5.32 Å². The summed E-state index contributed by atoms with van der Waals surface area (Å²) in [5.74, 6) is 0. The molecular weight excluding hydrogens is 253 g/mol. The molecule has 0 heterocycles. The van der Waals surface area contributed by atoms with Crippen LogP contribution in [0.25, 0.3) is 0 Å². The topological polar surface area (TPSA) is 32.3 Å². The first-order chi connectivity index (χ1) is 5.16. The number of allylic oxidation sites excluding steroid dienone is 1. The van der Waals surface area contributed by atoms with Gasteiger partial charge in [-0.15, -0.1) is 0 Å². The smallest absolute Gasteiger partial charge is 0.124 e. The molecule has 0 spiro atoms. The first-order valence-corrected chi connectivity index (χ1v) is 5.36. The lowest BCUT2D eigenvalue weighted by Gasteiger charge is -2.11. The lowest BCUT2D eigenvalue weighted by atomic mass is 10.3. The molecule has 66 valence electrons. The van der Waals surface area contributed by atoms with Crippen molar-refractivity contribution in [1.29, 1.82) is 0 Å². The normalized spacial score (nSPS) is 14.6. The van der Waals surface area contributed by atoms with Crippen LogP contribution in [0.5, 0.6) is 0 Å². The Bertz CT molecular complexity index is 115. The van der Waals surface area contributed by atoms with Crippen molar-refractivity contribution in [2.24, 2.45) is 0 Å². The molecule has 0 radical (unpaired) electrons. The van der Waals surface area contributed by atoms with Gasteiger partial charge >= 0.3 is 0 Å². The summed E-state index contributed by atoms with van der Waals surface area (Å²) in [4.78, 5) is 0. The minimum Gasteiger partial charge on any atom is -0.375 e. The molecule has 0 fully saturated rings. The van der Waals surface area contributed by atoms with Crippen molar-refractivity contribution in [3.63, 3.8) is 0 Å². The molecule has 2 N–H and O–H groups in total. The molecule has 11 heavy (non-hydrogen) atoms. The van der Waals surface area contributed by atoms with E-state index in [9.17, 15) is 5.11 Å². The third-order valence-corrected chi connectivity index (χ3v) is 1.72. The highest BCUT2D eigenvalue weighted by Gasteiger charge is 1.98. The van der Waals surface area contributed by atoms with Crippen molar-refractivity contribution < 1.29 is 5.11 Å². The van der Waals surface area contributed by atoms with Crippen molar-refractivity contribution in [3.8, 4) is 0 Å². The van der Waals surface area contributed by atoms with Crippen LogP contribution >= 0.6 is 22.6 Å². The molecule has 0 aromatic rings. The van der Waals surface area contributed by atoms with Gasteiger partial charge < -0.3 is 5.11 Å². The molecule has 2 nitrogen and oxygen atoms in total. The van der Waals surface area contributed by atoms with Crippen LogP contribution in [-0.2, 0) is 0 Å². The Kier molecular flexibility index (Phi) is 7.31. The highest BCUT2D eigenvalue weighted by atomic mass is 127. The van der Waals surface area contributed by atoms with Gasteiger partial charge in [-0.25, -0.2) is 0 Å². The molecular formula is C8H16INO. The van der Waals surface area contributed by atoms with Gasteiger partial charge in [0.05, 0.1) is 0 Å². The molecule has 0 aliphatic rings. The summed E-state index contributed by atoms with van der Waals surface area (Å²) >= 11 is 2.31. The number of rotatable bonds is 5. The molecule has 3 heteroatoms. The van der Waals surface area contributed by atoms with Crippen molar-refractivity contribution in [2.45, 2.75) is 32.5 Å². The van der Waals surface area contributed by atoms with E-state index in [1.807, 2.05) is 19.9 Å². The fraction of sp³-hybridized carbons (Fsp3) is 0.750. The monoisotopic (exact) mass is 269 g/mol. The molecule has 0 aromatic heterocycles. The summed E-state index contributed by atoms with van der Waals surface area (Å²) in [5, 5.41) is 12.2. The van der Waals surface area contributed by atoms with Crippen LogP contribution in [0.1, 0.15) is 20.3 Å². The summed E-state index contributed by atoms with van der Waals surface area (Å²) in [6, 6.07) is 0.328. The van der Waals surface area contributed by atoms with Crippen LogP contribution in [0.4, 0.5) is 0 Å². The van der Waals surface area contributed by atoms with Gasteiger partial charge in [-0.2, -0.15) is 0 Å². The van der Waals surface area contributed by atoms with E-state index in [0.717, 1.165) is 10.8 Å². The van der Waals surface area contributed by atoms with E-state index in [4.69, 9.17) is 0 Å². The third kappa shape index (κ3) is 8.29. The van der Waals surface area contributed by atoms with E-state index in [1.54, 1.807) is 6.08 Å².